The topological polar surface area (TPSA) is 39.7 Å². The van der Waals surface area contributed by atoms with Crippen LogP contribution in [0.25, 0.3) is 0 Å². The molecule has 7 heteroatoms. The van der Waals surface area contributed by atoms with Gasteiger partial charge in [-0.1, -0.05) is 0 Å². The Bertz CT molecular complexity index is 230. The molecule has 18 heavy (non-hydrogen) atoms. The molecular formula is C11H20F3NO3. The van der Waals surface area contributed by atoms with Gasteiger partial charge in [-0.05, 0) is 6.42 Å². The molecule has 4 nitrogen and oxygen atoms in total. The van der Waals surface area contributed by atoms with Gasteiger partial charge in [-0.3, -0.25) is 0 Å². The first-order valence-corrected chi connectivity index (χ1v) is 5.89. The van der Waals surface area contributed by atoms with Crippen LogP contribution in [0.3, 0.4) is 0 Å². The lowest BCUT2D eigenvalue weighted by Gasteiger charge is -2.27. The molecule has 0 saturated carbocycles. The highest BCUT2D eigenvalue weighted by atomic mass is 19.4. The Hall–Kier alpha value is -0.370. The molecule has 1 N–H and O–H groups in total. The highest BCUT2D eigenvalue weighted by molar-refractivity contribution is 4.85. The molecule has 1 unspecified atom stereocenters. The predicted octanol–water partition coefficient (Wildman–Crippen LogP) is 1.21. The molecular weight excluding hydrogens is 251 g/mol. The highest BCUT2D eigenvalue weighted by Gasteiger charge is 2.36. The summed E-state index contributed by atoms with van der Waals surface area (Å²) >= 11 is 0. The maximum Gasteiger partial charge on any atom is 0.411 e. The number of hydrogen-bond donors (Lipinski definition) is 1. The molecule has 1 heterocycles. The summed E-state index contributed by atoms with van der Waals surface area (Å²) < 4.78 is 51.0. The third-order valence-electron chi connectivity index (χ3n) is 2.84. The fraction of sp³-hybridized carbons (Fsp3) is 1.00. The van der Waals surface area contributed by atoms with Gasteiger partial charge in [0, 0.05) is 32.2 Å². The number of ether oxygens (including phenoxy) is 3. The van der Waals surface area contributed by atoms with E-state index in [2.05, 4.69) is 5.32 Å². The number of alkyl halides is 3. The van der Waals surface area contributed by atoms with Crippen molar-refractivity contribution in [3.63, 3.8) is 0 Å². The lowest BCUT2D eigenvalue weighted by molar-refractivity contribution is -0.180. The second-order valence-corrected chi connectivity index (χ2v) is 4.58. The molecule has 0 aromatic carbocycles. The average molecular weight is 271 g/mol. The van der Waals surface area contributed by atoms with E-state index in [1.165, 1.54) is 0 Å². The molecule has 0 aromatic rings. The summed E-state index contributed by atoms with van der Waals surface area (Å²) in [5.74, 6) is 0. The summed E-state index contributed by atoms with van der Waals surface area (Å²) in [6, 6.07) is 0. The first-order chi connectivity index (χ1) is 8.47. The van der Waals surface area contributed by atoms with E-state index >= 15 is 0 Å². The summed E-state index contributed by atoms with van der Waals surface area (Å²) in [6.07, 6.45) is -3.56. The molecule has 1 aliphatic heterocycles. The van der Waals surface area contributed by atoms with E-state index in [9.17, 15) is 13.2 Å². The molecule has 0 aliphatic carbocycles. The quantitative estimate of drug-likeness (QED) is 0.674. The molecule has 0 radical (unpaired) electrons. The van der Waals surface area contributed by atoms with Gasteiger partial charge in [0.15, 0.2) is 0 Å². The molecule has 1 atom stereocenters. The van der Waals surface area contributed by atoms with Crippen molar-refractivity contribution in [1.29, 1.82) is 0 Å². The minimum atomic E-state index is -4.27. The summed E-state index contributed by atoms with van der Waals surface area (Å²) in [7, 11) is 1.60. The van der Waals surface area contributed by atoms with Gasteiger partial charge in [0.2, 0.25) is 0 Å². The highest BCUT2D eigenvalue weighted by Crippen LogP contribution is 2.29. The van der Waals surface area contributed by atoms with Crippen LogP contribution in [0, 0.1) is 5.41 Å². The Morgan fingerprint density at radius 2 is 2.17 bits per heavy atom. The van der Waals surface area contributed by atoms with Gasteiger partial charge in [0.05, 0.1) is 19.8 Å². The smallest absolute Gasteiger partial charge is 0.383 e. The van der Waals surface area contributed by atoms with Crippen LogP contribution in [0.1, 0.15) is 6.42 Å². The van der Waals surface area contributed by atoms with Gasteiger partial charge in [-0.25, -0.2) is 0 Å². The van der Waals surface area contributed by atoms with Gasteiger partial charge in [-0.2, -0.15) is 13.2 Å². The summed E-state index contributed by atoms with van der Waals surface area (Å²) in [6.45, 7) is 1.68. The van der Waals surface area contributed by atoms with Crippen LogP contribution in [-0.2, 0) is 14.2 Å². The van der Waals surface area contributed by atoms with Crippen LogP contribution in [-0.4, -0.2) is 59.4 Å². The summed E-state index contributed by atoms with van der Waals surface area (Å²) in [5, 5.41) is 3.15. The number of nitrogens with one attached hydrogen (secondary N) is 1. The standard InChI is InChI=1S/C11H20F3NO3/c1-16-5-3-15-6-10(2-4-17-7-10)8-18-9-11(12,13)14/h15H,2-9H2,1H3. The molecule has 0 aromatic heterocycles. The van der Waals surface area contributed by atoms with Gasteiger partial charge in [-0.15, -0.1) is 0 Å². The normalized spacial score (nSPS) is 24.7. The van der Waals surface area contributed by atoms with E-state index in [-0.39, 0.29) is 12.0 Å². The van der Waals surface area contributed by atoms with Crippen molar-refractivity contribution in [3.8, 4) is 0 Å². The monoisotopic (exact) mass is 271 g/mol. The Labute approximate surface area is 105 Å². The van der Waals surface area contributed by atoms with Gasteiger partial charge < -0.3 is 19.5 Å². The van der Waals surface area contributed by atoms with Crippen LogP contribution in [0.15, 0.2) is 0 Å². The molecule has 0 spiro atoms. The first kappa shape index (κ1) is 15.7. The maximum atomic E-state index is 12.0. The van der Waals surface area contributed by atoms with Gasteiger partial charge >= 0.3 is 6.18 Å². The second-order valence-electron chi connectivity index (χ2n) is 4.58. The molecule has 1 saturated heterocycles. The number of rotatable bonds is 8. The predicted molar refractivity (Wildman–Crippen MR) is 59.5 cm³/mol. The van der Waals surface area contributed by atoms with Crippen LogP contribution in [0.5, 0.6) is 0 Å². The zero-order valence-corrected chi connectivity index (χ0v) is 10.5. The van der Waals surface area contributed by atoms with E-state index in [1.807, 2.05) is 0 Å². The fourth-order valence-corrected chi connectivity index (χ4v) is 1.86. The van der Waals surface area contributed by atoms with Crippen molar-refractivity contribution in [2.45, 2.75) is 12.6 Å². The SMILES string of the molecule is COCCNCC1(COCC(F)(F)F)CCOC1. The number of halogens is 3. The molecule has 1 fully saturated rings. The molecule has 1 aliphatic rings. The van der Waals surface area contributed by atoms with E-state index in [0.29, 0.717) is 39.3 Å². The van der Waals surface area contributed by atoms with Crippen molar-refractivity contribution in [3.05, 3.63) is 0 Å². The van der Waals surface area contributed by atoms with E-state index in [4.69, 9.17) is 14.2 Å². The Morgan fingerprint density at radius 3 is 2.72 bits per heavy atom. The Kier molecular flexibility index (Phi) is 6.34. The summed E-state index contributed by atoms with van der Waals surface area (Å²) in [4.78, 5) is 0. The van der Waals surface area contributed by atoms with Crippen LogP contribution in [0.4, 0.5) is 13.2 Å². The van der Waals surface area contributed by atoms with E-state index in [1.54, 1.807) is 7.11 Å². The van der Waals surface area contributed by atoms with E-state index < -0.39 is 12.8 Å². The molecule has 0 amide bonds. The van der Waals surface area contributed by atoms with Gasteiger partial charge in [0.25, 0.3) is 0 Å². The zero-order valence-electron chi connectivity index (χ0n) is 10.5. The third kappa shape index (κ3) is 5.99. The maximum absolute atomic E-state index is 12.0. The molecule has 108 valence electrons. The Balaban J connectivity index is 2.29. The van der Waals surface area contributed by atoms with Crippen molar-refractivity contribution < 1.29 is 27.4 Å². The van der Waals surface area contributed by atoms with Crippen molar-refractivity contribution in [2.75, 3.05) is 53.2 Å². The van der Waals surface area contributed by atoms with Gasteiger partial charge in [0.1, 0.15) is 6.61 Å². The third-order valence-corrected chi connectivity index (χ3v) is 2.84. The van der Waals surface area contributed by atoms with Crippen LogP contribution < -0.4 is 5.32 Å². The first-order valence-electron chi connectivity index (χ1n) is 5.89. The lowest BCUT2D eigenvalue weighted by atomic mass is 9.88. The minimum Gasteiger partial charge on any atom is -0.383 e. The Morgan fingerprint density at radius 1 is 1.39 bits per heavy atom. The van der Waals surface area contributed by atoms with Crippen molar-refractivity contribution >= 4 is 0 Å². The zero-order chi connectivity index (χ0) is 13.5. The number of hydrogen-bond acceptors (Lipinski definition) is 4. The van der Waals surface area contributed by atoms with E-state index in [0.717, 1.165) is 0 Å². The van der Waals surface area contributed by atoms with Crippen molar-refractivity contribution in [1.82, 2.24) is 5.32 Å². The fourth-order valence-electron chi connectivity index (χ4n) is 1.86. The van der Waals surface area contributed by atoms with Crippen LogP contribution in [0.2, 0.25) is 0 Å². The van der Waals surface area contributed by atoms with Crippen molar-refractivity contribution in [2.24, 2.45) is 5.41 Å². The summed E-state index contributed by atoms with van der Waals surface area (Å²) in [5.41, 5.74) is -0.348. The minimum absolute atomic E-state index is 0.0620. The molecule has 1 rings (SSSR count). The lowest BCUT2D eigenvalue weighted by Crippen LogP contribution is -2.40. The second kappa shape index (κ2) is 7.28. The number of methoxy groups -OCH3 is 1. The largest absolute Gasteiger partial charge is 0.411 e. The van der Waals surface area contributed by atoms with Crippen LogP contribution >= 0.6 is 0 Å². The molecule has 0 bridgehead atoms. The average Bonchev–Trinajstić information content (AvgIpc) is 2.72.